The van der Waals surface area contributed by atoms with Crippen molar-refractivity contribution in [3.05, 3.63) is 35.9 Å². The number of nitrogens with zero attached hydrogens (tertiary/aromatic N) is 1. The lowest BCUT2D eigenvalue weighted by atomic mass is 9.85. The number of rotatable bonds is 4. The number of benzene rings is 1. The number of hydrogen-bond donors (Lipinski definition) is 3. The second kappa shape index (κ2) is 13.9. The molecule has 194 valence electrons. The van der Waals surface area contributed by atoms with Gasteiger partial charge in [0.05, 0.1) is 24.4 Å². The summed E-state index contributed by atoms with van der Waals surface area (Å²) in [7, 11) is 1.89. The van der Waals surface area contributed by atoms with E-state index in [1.54, 1.807) is 6.92 Å². The van der Waals surface area contributed by atoms with Gasteiger partial charge in [-0.25, -0.2) is 0 Å². The molecule has 1 aromatic rings. The number of aldehydes is 1. The number of aliphatic hydroxyl groups excluding tert-OH is 2. The number of carbonyl (C=O) groups excluding carboxylic acids is 2. The third kappa shape index (κ3) is 8.45. The van der Waals surface area contributed by atoms with E-state index in [-0.39, 0.29) is 41.5 Å². The van der Waals surface area contributed by atoms with Crippen LogP contribution in [0.15, 0.2) is 30.3 Å². The highest BCUT2D eigenvalue weighted by molar-refractivity contribution is 5.84. The first-order valence-corrected chi connectivity index (χ1v) is 12.4. The maximum atomic E-state index is 12.2. The second-order valence-corrected chi connectivity index (χ2v) is 10.4. The fourth-order valence-corrected chi connectivity index (χ4v) is 4.34. The van der Waals surface area contributed by atoms with Crippen LogP contribution in [-0.2, 0) is 20.7 Å². The lowest BCUT2D eigenvalue weighted by Crippen LogP contribution is -2.48. The van der Waals surface area contributed by atoms with Crippen molar-refractivity contribution in [3.8, 4) is 0 Å². The van der Waals surface area contributed by atoms with Crippen LogP contribution in [0.2, 0.25) is 0 Å². The molecule has 0 aromatic heterocycles. The Balaban J connectivity index is 0.000000312. The molecule has 1 aromatic carbocycles. The Kier molecular flexibility index (Phi) is 12.4. The van der Waals surface area contributed by atoms with E-state index in [4.69, 9.17) is 4.74 Å². The molecule has 3 N–H and O–H groups in total. The zero-order valence-electron chi connectivity index (χ0n) is 22.2. The van der Waals surface area contributed by atoms with Crippen molar-refractivity contribution in [3.63, 3.8) is 0 Å². The fraction of sp³-hybridized carbons (Fsp3) is 0.704. The van der Waals surface area contributed by atoms with Crippen LogP contribution in [0, 0.1) is 17.3 Å². The van der Waals surface area contributed by atoms with Crippen LogP contribution in [0.25, 0.3) is 0 Å². The van der Waals surface area contributed by atoms with E-state index >= 15 is 0 Å². The Morgan fingerprint density at radius 3 is 2.09 bits per heavy atom. The molecule has 2 aliphatic heterocycles. The number of amides is 1. The number of aliphatic hydroxyl groups is 2. The minimum absolute atomic E-state index is 0.00815. The smallest absolute Gasteiger partial charge is 0.241 e. The fourth-order valence-electron chi connectivity index (χ4n) is 4.34. The lowest BCUT2D eigenvalue weighted by Gasteiger charge is -2.40. The van der Waals surface area contributed by atoms with E-state index in [1.165, 1.54) is 5.56 Å². The predicted octanol–water partition coefficient (Wildman–Crippen LogP) is 3.37. The summed E-state index contributed by atoms with van der Waals surface area (Å²) in [6.45, 7) is 14.0. The normalized spacial score (nSPS) is 31.2. The van der Waals surface area contributed by atoms with E-state index in [0.29, 0.717) is 6.42 Å². The highest BCUT2D eigenvalue weighted by atomic mass is 16.6. The Morgan fingerprint density at radius 2 is 1.65 bits per heavy atom. The SMILES string of the molecule is CCC=O.CC[C@H]1OC(O)[C@H](C)[C@@H](O)[C@@H]1C.CN1C(=O)[C@H](Cc2ccccc2)N[C@@H]1C(C)(C)C. The molecule has 2 aliphatic rings. The van der Waals surface area contributed by atoms with Gasteiger partial charge in [0.15, 0.2) is 6.29 Å². The van der Waals surface area contributed by atoms with E-state index in [1.807, 2.05) is 50.9 Å². The summed E-state index contributed by atoms with van der Waals surface area (Å²) in [5, 5.41) is 22.5. The molecular formula is C27H46N2O5. The van der Waals surface area contributed by atoms with E-state index < -0.39 is 12.4 Å². The number of carbonyl (C=O) groups is 2. The van der Waals surface area contributed by atoms with Gasteiger partial charge in [0, 0.05) is 25.3 Å². The number of nitrogens with one attached hydrogen (secondary N) is 1. The van der Waals surface area contributed by atoms with Crippen LogP contribution in [0.1, 0.15) is 66.9 Å². The standard InChI is InChI=1S/C15H22N2O.C9H18O3.C3H6O/c1-15(2,3)14-16-12(13(18)17(14)4)10-11-8-6-5-7-9-11;1-4-7-5(2)8(10)6(3)9(11)12-7;1-2-3-4/h5-9,12,14,16H,10H2,1-4H3;5-11H,4H2,1-3H3;3H,2H2,1H3/t12-,14-;5-,6-,7-,8+,9?;/m01./s1. The summed E-state index contributed by atoms with van der Waals surface area (Å²) >= 11 is 0. The molecule has 2 fully saturated rings. The third-order valence-electron chi connectivity index (χ3n) is 6.49. The number of hydrogen-bond acceptors (Lipinski definition) is 6. The largest absolute Gasteiger partial charge is 0.392 e. The number of ether oxygens (including phenoxy) is 1. The molecule has 0 spiro atoms. The van der Waals surface area contributed by atoms with E-state index in [9.17, 15) is 19.8 Å². The van der Waals surface area contributed by atoms with Gasteiger partial charge in [-0.2, -0.15) is 0 Å². The molecule has 7 heteroatoms. The molecule has 0 aliphatic carbocycles. The van der Waals surface area contributed by atoms with Crippen LogP contribution in [0.4, 0.5) is 0 Å². The topological polar surface area (TPSA) is 99.1 Å². The quantitative estimate of drug-likeness (QED) is 0.574. The Labute approximate surface area is 205 Å². The van der Waals surface area contributed by atoms with E-state index in [2.05, 4.69) is 38.2 Å². The lowest BCUT2D eigenvalue weighted by molar-refractivity contribution is -0.241. The van der Waals surface area contributed by atoms with Crippen molar-refractivity contribution in [2.45, 2.75) is 98.4 Å². The van der Waals surface area contributed by atoms with Gasteiger partial charge < -0.3 is 24.6 Å². The average Bonchev–Trinajstić information content (AvgIpc) is 3.10. The first kappa shape index (κ1) is 30.2. The highest BCUT2D eigenvalue weighted by Gasteiger charge is 2.42. The summed E-state index contributed by atoms with van der Waals surface area (Å²) in [5.74, 6) is 0.134. The van der Waals surface area contributed by atoms with Crippen molar-refractivity contribution in [1.29, 1.82) is 0 Å². The summed E-state index contributed by atoms with van der Waals surface area (Å²) < 4.78 is 5.33. The van der Waals surface area contributed by atoms with Crippen LogP contribution in [0.5, 0.6) is 0 Å². The van der Waals surface area contributed by atoms with Gasteiger partial charge >= 0.3 is 0 Å². The molecule has 2 saturated heterocycles. The molecule has 2 heterocycles. The monoisotopic (exact) mass is 478 g/mol. The molecule has 1 unspecified atom stereocenters. The Bertz CT molecular complexity index is 732. The summed E-state index contributed by atoms with van der Waals surface area (Å²) in [6.07, 6.45) is 1.96. The predicted molar refractivity (Wildman–Crippen MR) is 135 cm³/mol. The van der Waals surface area contributed by atoms with Crippen molar-refractivity contribution in [2.24, 2.45) is 17.3 Å². The van der Waals surface area contributed by atoms with Crippen LogP contribution < -0.4 is 5.32 Å². The zero-order valence-corrected chi connectivity index (χ0v) is 22.2. The molecular weight excluding hydrogens is 432 g/mol. The maximum Gasteiger partial charge on any atom is 0.241 e. The van der Waals surface area contributed by atoms with Crippen LogP contribution in [0.3, 0.4) is 0 Å². The minimum Gasteiger partial charge on any atom is -0.392 e. The highest BCUT2D eigenvalue weighted by Crippen LogP contribution is 2.30. The molecule has 0 saturated carbocycles. The molecule has 0 bridgehead atoms. The summed E-state index contributed by atoms with van der Waals surface area (Å²) in [4.78, 5) is 23.2. The first-order valence-electron chi connectivity index (χ1n) is 12.4. The molecule has 0 radical (unpaired) electrons. The molecule has 7 nitrogen and oxygen atoms in total. The van der Waals surface area contributed by atoms with Gasteiger partial charge in [0.2, 0.25) is 5.91 Å². The average molecular weight is 479 g/mol. The Morgan fingerprint density at radius 1 is 1.09 bits per heavy atom. The molecule has 7 atom stereocenters. The maximum absolute atomic E-state index is 12.2. The van der Waals surface area contributed by atoms with Gasteiger partial charge in [0.1, 0.15) is 6.29 Å². The zero-order chi connectivity index (χ0) is 26.1. The van der Waals surface area contributed by atoms with Gasteiger partial charge in [-0.1, -0.05) is 78.8 Å². The molecule has 3 rings (SSSR count). The Hall–Kier alpha value is -1.80. The van der Waals surface area contributed by atoms with Gasteiger partial charge in [-0.15, -0.1) is 0 Å². The summed E-state index contributed by atoms with van der Waals surface area (Å²) in [5.41, 5.74) is 1.25. The second-order valence-electron chi connectivity index (χ2n) is 10.4. The van der Waals surface area contributed by atoms with Crippen molar-refractivity contribution >= 4 is 12.2 Å². The minimum atomic E-state index is -0.804. The third-order valence-corrected chi connectivity index (χ3v) is 6.49. The molecule has 1 amide bonds. The van der Waals surface area contributed by atoms with Crippen molar-refractivity contribution < 1.29 is 24.5 Å². The van der Waals surface area contributed by atoms with Crippen molar-refractivity contribution in [2.75, 3.05) is 7.05 Å². The van der Waals surface area contributed by atoms with Crippen molar-refractivity contribution in [1.82, 2.24) is 10.2 Å². The molecule has 34 heavy (non-hydrogen) atoms. The van der Waals surface area contributed by atoms with Gasteiger partial charge in [0.25, 0.3) is 0 Å². The number of likely N-dealkylation sites (N-methyl/N-ethyl adjacent to an activating group) is 1. The van der Waals surface area contributed by atoms with Crippen LogP contribution >= 0.6 is 0 Å². The summed E-state index contributed by atoms with van der Waals surface area (Å²) in [6, 6.07) is 10.1. The van der Waals surface area contributed by atoms with Gasteiger partial charge in [-0.05, 0) is 23.8 Å². The van der Waals surface area contributed by atoms with Gasteiger partial charge in [-0.3, -0.25) is 10.1 Å². The van der Waals surface area contributed by atoms with Crippen LogP contribution in [-0.4, -0.2) is 65.1 Å². The first-order chi connectivity index (χ1) is 15.9. The van der Waals surface area contributed by atoms with E-state index in [0.717, 1.165) is 19.1 Å².